The van der Waals surface area contributed by atoms with Crippen molar-refractivity contribution in [2.45, 2.75) is 32.2 Å². The van der Waals surface area contributed by atoms with Crippen molar-refractivity contribution < 1.29 is 9.59 Å². The smallest absolute Gasteiger partial charge is 0.226 e. The van der Waals surface area contributed by atoms with Gasteiger partial charge in [-0.05, 0) is 25.3 Å². The lowest BCUT2D eigenvalue weighted by Crippen LogP contribution is -2.31. The van der Waals surface area contributed by atoms with E-state index in [4.69, 9.17) is 0 Å². The zero-order chi connectivity index (χ0) is 13.1. The number of amides is 1. The lowest BCUT2D eigenvalue weighted by molar-refractivity contribution is -0.132. The van der Waals surface area contributed by atoms with Crippen LogP contribution in [-0.2, 0) is 16.0 Å². The number of nitrogens with zero attached hydrogens (tertiary/aromatic N) is 1. The molecular formula is C15H19NO2. The molecular weight excluding hydrogens is 226 g/mol. The van der Waals surface area contributed by atoms with Crippen molar-refractivity contribution in [1.82, 2.24) is 4.90 Å². The van der Waals surface area contributed by atoms with Gasteiger partial charge in [0.25, 0.3) is 0 Å². The summed E-state index contributed by atoms with van der Waals surface area (Å²) in [5.74, 6) is 0.106. The van der Waals surface area contributed by atoms with Gasteiger partial charge in [0.2, 0.25) is 5.91 Å². The molecule has 1 heterocycles. The fourth-order valence-corrected chi connectivity index (χ4v) is 2.68. The molecule has 0 aromatic heterocycles. The third-order valence-corrected chi connectivity index (χ3v) is 3.65. The molecule has 1 aromatic rings. The molecule has 0 aliphatic carbocycles. The first-order chi connectivity index (χ1) is 8.58. The number of carbonyl (C=O) groups is 2. The van der Waals surface area contributed by atoms with E-state index in [9.17, 15) is 9.59 Å². The number of benzene rings is 1. The van der Waals surface area contributed by atoms with E-state index in [1.807, 2.05) is 25.2 Å². The largest absolute Gasteiger partial charge is 0.342 e. The van der Waals surface area contributed by atoms with Gasteiger partial charge in [0.15, 0.2) is 0 Å². The van der Waals surface area contributed by atoms with Crippen molar-refractivity contribution in [2.75, 3.05) is 7.05 Å². The minimum absolute atomic E-state index is 0.0992. The molecule has 1 saturated heterocycles. The lowest BCUT2D eigenvalue weighted by Gasteiger charge is -2.19. The Morgan fingerprint density at radius 3 is 2.61 bits per heavy atom. The van der Waals surface area contributed by atoms with E-state index >= 15 is 0 Å². The zero-order valence-corrected chi connectivity index (χ0v) is 10.9. The normalized spacial score (nSPS) is 23.4. The fraction of sp³-hybridized carbons (Fsp3) is 0.467. The van der Waals surface area contributed by atoms with E-state index in [1.54, 1.807) is 11.8 Å². The first kappa shape index (κ1) is 12.8. The lowest BCUT2D eigenvalue weighted by atomic mass is 9.96. The number of hydrogen-bond acceptors (Lipinski definition) is 2. The Morgan fingerprint density at radius 2 is 2.00 bits per heavy atom. The Balaban J connectivity index is 2.03. The van der Waals surface area contributed by atoms with Gasteiger partial charge in [-0.3, -0.25) is 4.79 Å². The van der Waals surface area contributed by atoms with Gasteiger partial charge in [-0.25, -0.2) is 0 Å². The molecule has 1 amide bonds. The number of hydrogen-bond donors (Lipinski definition) is 0. The number of likely N-dealkylation sites (N-methyl/N-ethyl adjacent to an activating group) is 1. The highest BCUT2D eigenvalue weighted by molar-refractivity contribution is 5.87. The highest BCUT2D eigenvalue weighted by Gasteiger charge is 2.37. The van der Waals surface area contributed by atoms with Crippen LogP contribution < -0.4 is 0 Å². The van der Waals surface area contributed by atoms with Gasteiger partial charge >= 0.3 is 0 Å². The van der Waals surface area contributed by atoms with E-state index in [0.29, 0.717) is 6.42 Å². The second-order valence-corrected chi connectivity index (χ2v) is 5.13. The summed E-state index contributed by atoms with van der Waals surface area (Å²) in [4.78, 5) is 25.0. The molecule has 0 spiro atoms. The molecule has 1 unspecified atom stereocenters. The van der Waals surface area contributed by atoms with Crippen LogP contribution >= 0.6 is 0 Å². The maximum absolute atomic E-state index is 12.0. The van der Waals surface area contributed by atoms with E-state index < -0.39 is 0 Å². The highest BCUT2D eigenvalue weighted by Crippen LogP contribution is 2.28. The van der Waals surface area contributed by atoms with Crippen LogP contribution in [0.4, 0.5) is 0 Å². The third kappa shape index (κ3) is 2.78. The van der Waals surface area contributed by atoms with E-state index in [0.717, 1.165) is 12.8 Å². The molecule has 1 aromatic carbocycles. The van der Waals surface area contributed by atoms with Crippen LogP contribution in [0, 0.1) is 5.92 Å². The van der Waals surface area contributed by atoms with Gasteiger partial charge in [0, 0.05) is 25.4 Å². The average Bonchev–Trinajstić information content (AvgIpc) is 2.58. The number of carbonyl (C=O) groups excluding carboxylic acids is 2. The molecule has 2 atom stereocenters. The number of ketones is 1. The van der Waals surface area contributed by atoms with Gasteiger partial charge in [-0.1, -0.05) is 30.3 Å². The molecule has 0 bridgehead atoms. The highest BCUT2D eigenvalue weighted by atomic mass is 16.2. The van der Waals surface area contributed by atoms with Crippen molar-refractivity contribution in [3.63, 3.8) is 0 Å². The fourth-order valence-electron chi connectivity index (χ4n) is 2.68. The summed E-state index contributed by atoms with van der Waals surface area (Å²) >= 11 is 0. The molecule has 0 radical (unpaired) electrons. The molecule has 0 N–H and O–H groups in total. The minimum Gasteiger partial charge on any atom is -0.342 e. The quantitative estimate of drug-likeness (QED) is 0.814. The molecule has 1 aliphatic rings. The monoisotopic (exact) mass is 245 g/mol. The molecule has 1 fully saturated rings. The Hall–Kier alpha value is -1.64. The van der Waals surface area contributed by atoms with Crippen LogP contribution in [0.3, 0.4) is 0 Å². The maximum atomic E-state index is 12.0. The predicted octanol–water partition coefficient (Wildman–Crippen LogP) is 2.06. The molecule has 18 heavy (non-hydrogen) atoms. The second-order valence-electron chi connectivity index (χ2n) is 5.13. The Labute approximate surface area is 108 Å². The summed E-state index contributed by atoms with van der Waals surface area (Å²) in [7, 11) is 1.84. The van der Waals surface area contributed by atoms with Crippen LogP contribution in [0.2, 0.25) is 0 Å². The zero-order valence-electron chi connectivity index (χ0n) is 10.9. The van der Waals surface area contributed by atoms with E-state index in [-0.39, 0.29) is 23.7 Å². The van der Waals surface area contributed by atoms with Crippen LogP contribution in [0.1, 0.15) is 25.3 Å². The van der Waals surface area contributed by atoms with Crippen molar-refractivity contribution in [3.8, 4) is 0 Å². The topological polar surface area (TPSA) is 37.4 Å². The summed E-state index contributed by atoms with van der Waals surface area (Å²) in [6.45, 7) is 1.55. The summed E-state index contributed by atoms with van der Waals surface area (Å²) in [6.07, 6.45) is 2.05. The predicted molar refractivity (Wildman–Crippen MR) is 70.1 cm³/mol. The minimum atomic E-state index is -0.110. The molecule has 0 saturated carbocycles. The van der Waals surface area contributed by atoms with Crippen molar-refractivity contribution in [3.05, 3.63) is 35.9 Å². The SMILES string of the molecule is CC(=O)CC1C[C@H](Cc2ccccc2)N(C)C1=O. The Kier molecular flexibility index (Phi) is 3.80. The number of Topliss-reactive ketones (excluding diaryl/α,β-unsaturated/α-hetero) is 1. The molecule has 3 heteroatoms. The Bertz CT molecular complexity index is 441. The van der Waals surface area contributed by atoms with Gasteiger partial charge in [0.05, 0.1) is 0 Å². The summed E-state index contributed by atoms with van der Waals surface area (Å²) in [6, 6.07) is 10.4. The van der Waals surface area contributed by atoms with Gasteiger partial charge in [-0.2, -0.15) is 0 Å². The van der Waals surface area contributed by atoms with Gasteiger partial charge in [-0.15, -0.1) is 0 Å². The summed E-state index contributed by atoms with van der Waals surface area (Å²) < 4.78 is 0. The van der Waals surface area contributed by atoms with Crippen LogP contribution in [0.5, 0.6) is 0 Å². The number of likely N-dealkylation sites (tertiary alicyclic amines) is 1. The molecule has 2 rings (SSSR count). The molecule has 96 valence electrons. The average molecular weight is 245 g/mol. The first-order valence-electron chi connectivity index (χ1n) is 6.38. The summed E-state index contributed by atoms with van der Waals surface area (Å²) in [5, 5.41) is 0. The molecule has 1 aliphatic heterocycles. The van der Waals surface area contributed by atoms with Gasteiger partial charge < -0.3 is 9.69 Å². The standard InChI is InChI=1S/C15H19NO2/c1-11(17)8-13-10-14(16(2)15(13)18)9-12-6-4-3-5-7-12/h3-7,13-14H,8-10H2,1-2H3/t13?,14-/m0/s1. The third-order valence-electron chi connectivity index (χ3n) is 3.65. The van der Waals surface area contributed by atoms with Crippen molar-refractivity contribution >= 4 is 11.7 Å². The summed E-state index contributed by atoms with van der Waals surface area (Å²) in [5.41, 5.74) is 1.24. The maximum Gasteiger partial charge on any atom is 0.226 e. The van der Waals surface area contributed by atoms with Crippen LogP contribution in [0.25, 0.3) is 0 Å². The number of rotatable bonds is 4. The van der Waals surface area contributed by atoms with Crippen molar-refractivity contribution in [1.29, 1.82) is 0 Å². The van der Waals surface area contributed by atoms with Crippen molar-refractivity contribution in [2.24, 2.45) is 5.92 Å². The Morgan fingerprint density at radius 1 is 1.33 bits per heavy atom. The van der Waals surface area contributed by atoms with E-state index in [1.165, 1.54) is 5.56 Å². The second kappa shape index (κ2) is 5.34. The van der Waals surface area contributed by atoms with Crippen LogP contribution in [-0.4, -0.2) is 29.7 Å². The van der Waals surface area contributed by atoms with Gasteiger partial charge in [0.1, 0.15) is 5.78 Å². The molecule has 3 nitrogen and oxygen atoms in total. The van der Waals surface area contributed by atoms with E-state index in [2.05, 4.69) is 12.1 Å². The van der Waals surface area contributed by atoms with Crippen LogP contribution in [0.15, 0.2) is 30.3 Å². The first-order valence-corrected chi connectivity index (χ1v) is 6.38.